The van der Waals surface area contributed by atoms with Crippen molar-refractivity contribution in [3.05, 3.63) is 47.0 Å². The van der Waals surface area contributed by atoms with Gasteiger partial charge in [-0.15, -0.1) is 0 Å². The number of benzene rings is 1. The molecule has 4 N–H and O–H groups in total. The van der Waals surface area contributed by atoms with Gasteiger partial charge in [0.25, 0.3) is 0 Å². The molecule has 2 unspecified atom stereocenters. The van der Waals surface area contributed by atoms with Gasteiger partial charge < -0.3 is 39.6 Å². The number of rotatable bonds is 6. The van der Waals surface area contributed by atoms with Crippen LogP contribution in [-0.2, 0) is 33.3 Å². The van der Waals surface area contributed by atoms with E-state index in [1.54, 1.807) is 78.8 Å². The van der Waals surface area contributed by atoms with Gasteiger partial charge in [0.1, 0.15) is 23.9 Å². The fourth-order valence-corrected chi connectivity index (χ4v) is 9.64. The number of aliphatic hydroxyl groups is 3. The molecule has 1 amide bonds. The average Bonchev–Trinajstić information content (AvgIpc) is 3.01. The van der Waals surface area contributed by atoms with E-state index in [0.29, 0.717) is 17.7 Å². The standard InChI is InChI=1S/C38H53NO11/c1-19-23(49-32(44)29(48-21(3)40)27(22-14-12-11-13-15-22)39-33(45)50-34(4,5)6)17-38(46)20(2)30-36(9)18-47-25(36)16-24(41)37(30,10)31(43)28(42)26(19)35(38,7)8/h11-15,20,23-25,27-30,41-42,46H,16-18H2,1-10H3,(H,39,45)/t20?,23-,24-,25+,27-,28+,29+,30?,36+,37+,38+/m0/s1. The molecule has 5 rings (SSSR count). The number of carbonyl (C=O) groups excluding carboxylic acids is 4. The number of ether oxygens (including phenoxy) is 4. The molecule has 3 aliphatic carbocycles. The second-order valence-corrected chi connectivity index (χ2v) is 16.7. The van der Waals surface area contributed by atoms with Crippen LogP contribution in [0.25, 0.3) is 0 Å². The third-order valence-electron chi connectivity index (χ3n) is 12.2. The predicted molar refractivity (Wildman–Crippen MR) is 180 cm³/mol. The fourth-order valence-electron chi connectivity index (χ4n) is 9.64. The number of nitrogens with one attached hydrogen (secondary N) is 1. The molecule has 0 spiro atoms. The fraction of sp³-hybridized carbons (Fsp3) is 0.684. The van der Waals surface area contributed by atoms with Gasteiger partial charge in [-0.05, 0) is 63.2 Å². The first kappa shape index (κ1) is 37.9. The number of carbonyl (C=O) groups is 4. The van der Waals surface area contributed by atoms with Gasteiger partial charge in [-0.25, -0.2) is 9.59 Å². The summed E-state index contributed by atoms with van der Waals surface area (Å²) >= 11 is 0. The molecule has 1 saturated heterocycles. The van der Waals surface area contributed by atoms with E-state index in [4.69, 9.17) is 18.9 Å². The van der Waals surface area contributed by atoms with Crippen molar-refractivity contribution in [1.82, 2.24) is 5.32 Å². The summed E-state index contributed by atoms with van der Waals surface area (Å²) in [5.74, 6) is -3.63. The zero-order valence-corrected chi connectivity index (χ0v) is 30.7. The Morgan fingerprint density at radius 2 is 1.68 bits per heavy atom. The zero-order valence-electron chi connectivity index (χ0n) is 30.7. The Morgan fingerprint density at radius 3 is 2.22 bits per heavy atom. The lowest BCUT2D eigenvalue weighted by Gasteiger charge is -2.68. The van der Waals surface area contributed by atoms with Crippen LogP contribution in [0.15, 0.2) is 41.5 Å². The van der Waals surface area contributed by atoms with Crippen molar-refractivity contribution < 1.29 is 53.4 Å². The van der Waals surface area contributed by atoms with Gasteiger partial charge in [0.15, 0.2) is 5.78 Å². The smallest absolute Gasteiger partial charge is 0.408 e. The second-order valence-electron chi connectivity index (χ2n) is 16.7. The minimum absolute atomic E-state index is 0.115. The number of hydrogen-bond donors (Lipinski definition) is 4. The lowest BCUT2D eigenvalue weighted by molar-refractivity contribution is -0.302. The summed E-state index contributed by atoms with van der Waals surface area (Å²) in [5.41, 5.74) is -4.67. The van der Waals surface area contributed by atoms with Crippen molar-refractivity contribution in [2.45, 2.75) is 130 Å². The number of Topliss-reactive ketones (excluding diaryl/α,β-unsaturated/α-hetero) is 1. The molecule has 276 valence electrons. The molecule has 3 fully saturated rings. The minimum Gasteiger partial charge on any atom is -0.455 e. The summed E-state index contributed by atoms with van der Waals surface area (Å²) < 4.78 is 23.0. The Bertz CT molecular complexity index is 1570. The van der Waals surface area contributed by atoms with E-state index in [-0.39, 0.29) is 24.5 Å². The number of fused-ring (bicyclic) bond motifs is 5. The number of amides is 1. The Balaban J connectivity index is 1.58. The first-order valence-corrected chi connectivity index (χ1v) is 17.4. The predicted octanol–water partition coefficient (Wildman–Crippen LogP) is 3.95. The van der Waals surface area contributed by atoms with Crippen LogP contribution >= 0.6 is 0 Å². The molecule has 4 aliphatic rings. The van der Waals surface area contributed by atoms with Gasteiger partial charge in [0, 0.05) is 30.6 Å². The number of hydrogen-bond acceptors (Lipinski definition) is 11. The molecule has 11 atom stereocenters. The van der Waals surface area contributed by atoms with Crippen LogP contribution in [0.3, 0.4) is 0 Å². The lowest BCUT2D eigenvalue weighted by atomic mass is 9.40. The van der Waals surface area contributed by atoms with Gasteiger partial charge >= 0.3 is 18.0 Å². The molecule has 2 saturated carbocycles. The third-order valence-corrected chi connectivity index (χ3v) is 12.2. The molecule has 1 heterocycles. The number of aliphatic hydroxyl groups excluding tert-OH is 2. The third kappa shape index (κ3) is 5.95. The molecule has 0 aromatic heterocycles. The van der Waals surface area contributed by atoms with Gasteiger partial charge in [0.2, 0.25) is 6.10 Å². The largest absolute Gasteiger partial charge is 0.455 e. The van der Waals surface area contributed by atoms with Crippen molar-refractivity contribution in [1.29, 1.82) is 0 Å². The first-order valence-electron chi connectivity index (χ1n) is 17.4. The van der Waals surface area contributed by atoms with Crippen LogP contribution < -0.4 is 5.32 Å². The molecule has 1 aromatic rings. The number of alkyl carbamates (subject to hydrolysis) is 1. The van der Waals surface area contributed by atoms with Gasteiger partial charge in [-0.3, -0.25) is 9.59 Å². The maximum atomic E-state index is 14.5. The maximum Gasteiger partial charge on any atom is 0.408 e. The summed E-state index contributed by atoms with van der Waals surface area (Å²) in [6.07, 6.45) is -6.75. The van der Waals surface area contributed by atoms with Crippen LogP contribution in [0.5, 0.6) is 0 Å². The quantitative estimate of drug-likeness (QED) is 0.192. The maximum absolute atomic E-state index is 14.5. The monoisotopic (exact) mass is 699 g/mol. The van der Waals surface area contributed by atoms with E-state index >= 15 is 0 Å². The molecule has 12 heteroatoms. The molecule has 12 nitrogen and oxygen atoms in total. The average molecular weight is 700 g/mol. The first-order chi connectivity index (χ1) is 23.0. The van der Waals surface area contributed by atoms with Crippen LogP contribution in [0.4, 0.5) is 4.79 Å². The summed E-state index contributed by atoms with van der Waals surface area (Å²) in [5, 5.41) is 39.1. The van der Waals surface area contributed by atoms with Crippen LogP contribution in [0.2, 0.25) is 0 Å². The highest BCUT2D eigenvalue weighted by atomic mass is 16.6. The summed E-state index contributed by atoms with van der Waals surface area (Å²) in [6.45, 7) is 17.2. The van der Waals surface area contributed by atoms with E-state index in [1.807, 2.05) is 13.8 Å². The van der Waals surface area contributed by atoms with E-state index in [2.05, 4.69) is 5.32 Å². The Morgan fingerprint density at radius 1 is 1.06 bits per heavy atom. The van der Waals surface area contributed by atoms with Gasteiger partial charge in [0.05, 0.1) is 29.8 Å². The highest BCUT2D eigenvalue weighted by molar-refractivity contribution is 5.93. The van der Waals surface area contributed by atoms with Crippen LogP contribution in [-0.4, -0.2) is 87.5 Å². The zero-order chi connectivity index (χ0) is 37.4. The minimum atomic E-state index is -1.72. The Labute approximate surface area is 293 Å². The Hall–Kier alpha value is -3.32. The van der Waals surface area contributed by atoms with Crippen molar-refractivity contribution in [2.75, 3.05) is 6.61 Å². The summed E-state index contributed by atoms with van der Waals surface area (Å²) in [6, 6.07) is 7.23. The number of ketones is 1. The van der Waals surface area contributed by atoms with Crippen molar-refractivity contribution >= 4 is 23.8 Å². The second kappa shape index (κ2) is 12.7. The van der Waals surface area contributed by atoms with Crippen molar-refractivity contribution in [3.63, 3.8) is 0 Å². The van der Waals surface area contributed by atoms with Crippen molar-refractivity contribution in [3.8, 4) is 0 Å². The molecular weight excluding hydrogens is 646 g/mol. The summed E-state index contributed by atoms with van der Waals surface area (Å²) in [7, 11) is 0. The van der Waals surface area contributed by atoms with E-state index in [1.165, 1.54) is 0 Å². The van der Waals surface area contributed by atoms with Crippen molar-refractivity contribution in [2.24, 2.45) is 28.1 Å². The normalized spacial score (nSPS) is 37.4. The molecule has 2 bridgehead atoms. The number of esters is 2. The van der Waals surface area contributed by atoms with E-state index in [9.17, 15) is 34.5 Å². The molecule has 0 radical (unpaired) electrons. The molecule has 1 aromatic carbocycles. The van der Waals surface area contributed by atoms with Gasteiger partial charge in [-0.2, -0.15) is 0 Å². The van der Waals surface area contributed by atoms with E-state index in [0.717, 1.165) is 6.92 Å². The van der Waals surface area contributed by atoms with Gasteiger partial charge in [-0.1, -0.05) is 58.0 Å². The highest BCUT2D eigenvalue weighted by Crippen LogP contribution is 2.66. The van der Waals surface area contributed by atoms with E-state index < -0.39 is 93.6 Å². The van der Waals surface area contributed by atoms with Crippen LogP contribution in [0.1, 0.15) is 93.7 Å². The highest BCUT2D eigenvalue weighted by Gasteiger charge is 2.73. The lowest BCUT2D eigenvalue weighted by Crippen LogP contribution is -2.75. The summed E-state index contributed by atoms with van der Waals surface area (Å²) in [4.78, 5) is 54.2. The Kier molecular flexibility index (Phi) is 9.65. The SMILES string of the molecule is CC(=O)O[C@@H](C(=O)O[C@H]1C[C@@]2(O)C(C)C3[C@]4(C)CO[C@@H]4C[C@H](O)[C@@]3(C)C(=O)[C@H](O)C(=C1C)C2(C)C)[C@@H](NC(=O)OC(C)(C)C)c1ccccc1. The molecule has 1 aliphatic heterocycles. The molecular formula is C38H53NO11. The topological polar surface area (TPSA) is 178 Å². The van der Waals surface area contributed by atoms with Crippen LogP contribution in [0, 0.1) is 28.1 Å². The molecule has 50 heavy (non-hydrogen) atoms.